The zero-order valence-electron chi connectivity index (χ0n) is 10.9. The highest BCUT2D eigenvalue weighted by molar-refractivity contribution is 5.68. The Balaban J connectivity index is 1.88. The van der Waals surface area contributed by atoms with Crippen LogP contribution in [0.1, 0.15) is 12.5 Å². The van der Waals surface area contributed by atoms with Gasteiger partial charge in [0.15, 0.2) is 0 Å². The average Bonchev–Trinajstić information content (AvgIpc) is 2.74. The Labute approximate surface area is 111 Å². The highest BCUT2D eigenvalue weighted by atomic mass is 19.1. The number of hydrogen-bond donors (Lipinski definition) is 1. The van der Waals surface area contributed by atoms with E-state index in [0.717, 1.165) is 5.56 Å². The monoisotopic (exact) mass is 267 g/mol. The number of nitrogens with zero attached hydrogens (tertiary/aromatic N) is 1. The number of benzene rings is 1. The van der Waals surface area contributed by atoms with Crippen LogP contribution in [0.5, 0.6) is 0 Å². The van der Waals surface area contributed by atoms with Gasteiger partial charge in [-0.3, -0.25) is 0 Å². The number of aliphatic hydroxyl groups is 1. The van der Waals surface area contributed by atoms with E-state index in [1.165, 1.54) is 4.90 Å². The van der Waals surface area contributed by atoms with E-state index in [0.29, 0.717) is 0 Å². The van der Waals surface area contributed by atoms with Crippen molar-refractivity contribution in [3.8, 4) is 0 Å². The fraction of sp³-hybridized carbons (Fsp3) is 0.500. The molecule has 2 rings (SSSR count). The number of rotatable bonds is 3. The smallest absolute Gasteiger partial charge is 0.410 e. The number of ether oxygens (including phenoxy) is 1. The zero-order chi connectivity index (χ0) is 13.9. The first-order chi connectivity index (χ1) is 9.05. The molecule has 2 unspecified atom stereocenters. The summed E-state index contributed by atoms with van der Waals surface area (Å²) in [5.41, 5.74) is 0.00273. The van der Waals surface area contributed by atoms with E-state index in [4.69, 9.17) is 4.74 Å². The second-order valence-electron chi connectivity index (χ2n) is 5.20. The molecule has 0 bridgehead atoms. The summed E-state index contributed by atoms with van der Waals surface area (Å²) < 4.78 is 18.9. The van der Waals surface area contributed by atoms with Gasteiger partial charge in [0.25, 0.3) is 0 Å². The topological polar surface area (TPSA) is 49.8 Å². The van der Waals surface area contributed by atoms with Gasteiger partial charge in [-0.2, -0.15) is 0 Å². The molecule has 1 aromatic carbocycles. The molecule has 0 radical (unpaired) electrons. The molecular formula is C14H18FNO3. The first-order valence-electron chi connectivity index (χ1n) is 6.26. The summed E-state index contributed by atoms with van der Waals surface area (Å²) in [7, 11) is 0. The van der Waals surface area contributed by atoms with E-state index in [2.05, 4.69) is 0 Å². The highest BCUT2D eigenvalue weighted by Gasteiger charge is 2.45. The summed E-state index contributed by atoms with van der Waals surface area (Å²) in [6.45, 7) is 1.67. The molecule has 1 aliphatic rings. The lowest BCUT2D eigenvalue weighted by atomic mass is 9.89. The number of carbonyl (C=O) groups excluding carboxylic acids is 1. The lowest BCUT2D eigenvalue weighted by Gasteiger charge is -2.22. The Kier molecular flexibility index (Phi) is 4.04. The van der Waals surface area contributed by atoms with Crippen LogP contribution in [0.15, 0.2) is 30.3 Å². The number of halogens is 1. The van der Waals surface area contributed by atoms with Gasteiger partial charge < -0.3 is 14.7 Å². The molecule has 5 heteroatoms. The van der Waals surface area contributed by atoms with E-state index < -0.39 is 17.7 Å². The third kappa shape index (κ3) is 3.04. The lowest BCUT2D eigenvalue weighted by molar-refractivity contribution is 0.0824. The van der Waals surface area contributed by atoms with Crippen molar-refractivity contribution in [2.75, 3.05) is 19.7 Å². The van der Waals surface area contributed by atoms with Gasteiger partial charge in [0.05, 0.1) is 13.2 Å². The number of hydrogen-bond acceptors (Lipinski definition) is 3. The number of aliphatic hydroxyl groups excluding tert-OH is 1. The maximum atomic E-state index is 13.7. The van der Waals surface area contributed by atoms with Crippen molar-refractivity contribution in [1.29, 1.82) is 0 Å². The summed E-state index contributed by atoms with van der Waals surface area (Å²) >= 11 is 0. The van der Waals surface area contributed by atoms with Crippen LogP contribution in [-0.2, 0) is 11.3 Å². The van der Waals surface area contributed by atoms with Crippen LogP contribution in [0.25, 0.3) is 0 Å². The Hall–Kier alpha value is -1.62. The van der Waals surface area contributed by atoms with Crippen LogP contribution in [0, 0.1) is 5.41 Å². The average molecular weight is 267 g/mol. The lowest BCUT2D eigenvalue weighted by Crippen LogP contribution is -2.33. The van der Waals surface area contributed by atoms with Crippen molar-refractivity contribution < 1.29 is 19.0 Å². The van der Waals surface area contributed by atoms with Gasteiger partial charge in [0.1, 0.15) is 12.8 Å². The molecule has 19 heavy (non-hydrogen) atoms. The van der Waals surface area contributed by atoms with Gasteiger partial charge in [-0.25, -0.2) is 9.18 Å². The van der Waals surface area contributed by atoms with E-state index >= 15 is 0 Å². The summed E-state index contributed by atoms with van der Waals surface area (Å²) in [5, 5.41) is 9.18. The molecule has 0 saturated carbocycles. The second-order valence-corrected chi connectivity index (χ2v) is 5.20. The third-order valence-electron chi connectivity index (χ3n) is 3.51. The van der Waals surface area contributed by atoms with Crippen molar-refractivity contribution in [2.24, 2.45) is 5.41 Å². The van der Waals surface area contributed by atoms with E-state index in [-0.39, 0.29) is 26.3 Å². The Bertz CT molecular complexity index is 440. The molecule has 1 saturated heterocycles. The minimum atomic E-state index is -1.22. The van der Waals surface area contributed by atoms with E-state index in [1.807, 2.05) is 30.3 Å². The Morgan fingerprint density at radius 1 is 1.53 bits per heavy atom. The molecule has 1 N–H and O–H groups in total. The molecule has 4 nitrogen and oxygen atoms in total. The van der Waals surface area contributed by atoms with Gasteiger partial charge in [-0.15, -0.1) is 0 Å². The zero-order valence-corrected chi connectivity index (χ0v) is 10.9. The molecule has 2 atom stereocenters. The van der Waals surface area contributed by atoms with Crippen LogP contribution >= 0.6 is 0 Å². The standard InChI is InChI=1S/C14H18FNO3/c1-14(10-17)9-16(7-12(14)15)13(18)19-8-11-5-3-2-4-6-11/h2-6,12,17H,7-10H2,1H3. The first-order valence-corrected chi connectivity index (χ1v) is 6.26. The van der Waals surface area contributed by atoms with Crippen LogP contribution in [-0.4, -0.2) is 42.0 Å². The third-order valence-corrected chi connectivity index (χ3v) is 3.51. The molecule has 1 fully saturated rings. The maximum absolute atomic E-state index is 13.7. The summed E-state index contributed by atoms with van der Waals surface area (Å²) in [4.78, 5) is 13.1. The number of likely N-dealkylation sites (tertiary alicyclic amines) is 1. The first kappa shape index (κ1) is 13.8. The molecule has 104 valence electrons. The molecule has 1 aliphatic heterocycles. The molecule has 0 aliphatic carbocycles. The minimum absolute atomic E-state index is 0.0231. The molecule has 0 spiro atoms. The van der Waals surface area contributed by atoms with Gasteiger partial charge in [0.2, 0.25) is 0 Å². The Morgan fingerprint density at radius 2 is 2.21 bits per heavy atom. The molecule has 0 aromatic heterocycles. The molecular weight excluding hydrogens is 249 g/mol. The summed E-state index contributed by atoms with van der Waals surface area (Å²) in [6.07, 6.45) is -1.76. The van der Waals surface area contributed by atoms with Crippen molar-refractivity contribution in [2.45, 2.75) is 19.7 Å². The second kappa shape index (κ2) is 5.57. The number of carbonyl (C=O) groups is 1. The SMILES string of the molecule is CC1(CO)CN(C(=O)OCc2ccccc2)CC1F. The summed E-state index contributed by atoms with van der Waals surface area (Å²) in [6, 6.07) is 9.31. The Morgan fingerprint density at radius 3 is 2.79 bits per heavy atom. The fourth-order valence-corrected chi connectivity index (χ4v) is 2.11. The molecule has 1 amide bonds. The van der Waals surface area contributed by atoms with Crippen molar-refractivity contribution >= 4 is 6.09 Å². The minimum Gasteiger partial charge on any atom is -0.445 e. The predicted molar refractivity (Wildman–Crippen MR) is 68.3 cm³/mol. The van der Waals surface area contributed by atoms with Gasteiger partial charge in [-0.05, 0) is 5.56 Å². The molecule has 1 aromatic rings. The number of alkyl halides is 1. The van der Waals surface area contributed by atoms with Gasteiger partial charge in [-0.1, -0.05) is 37.3 Å². The largest absolute Gasteiger partial charge is 0.445 e. The number of amides is 1. The van der Waals surface area contributed by atoms with E-state index in [1.54, 1.807) is 6.92 Å². The maximum Gasteiger partial charge on any atom is 0.410 e. The fourth-order valence-electron chi connectivity index (χ4n) is 2.11. The summed E-state index contributed by atoms with van der Waals surface area (Å²) in [5.74, 6) is 0. The van der Waals surface area contributed by atoms with Crippen molar-refractivity contribution in [3.63, 3.8) is 0 Å². The van der Waals surface area contributed by atoms with Gasteiger partial charge >= 0.3 is 6.09 Å². The van der Waals surface area contributed by atoms with Crippen LogP contribution in [0.4, 0.5) is 9.18 Å². The highest BCUT2D eigenvalue weighted by Crippen LogP contribution is 2.32. The van der Waals surface area contributed by atoms with Crippen molar-refractivity contribution in [3.05, 3.63) is 35.9 Å². The molecule has 1 heterocycles. The normalized spacial score (nSPS) is 26.5. The van der Waals surface area contributed by atoms with E-state index in [9.17, 15) is 14.3 Å². The van der Waals surface area contributed by atoms with Crippen LogP contribution < -0.4 is 0 Å². The quantitative estimate of drug-likeness (QED) is 0.911. The van der Waals surface area contributed by atoms with Crippen LogP contribution in [0.3, 0.4) is 0 Å². The predicted octanol–water partition coefficient (Wildman–Crippen LogP) is 1.98. The van der Waals surface area contributed by atoms with Gasteiger partial charge in [0, 0.05) is 12.0 Å². The van der Waals surface area contributed by atoms with Crippen molar-refractivity contribution in [1.82, 2.24) is 4.90 Å². The van der Waals surface area contributed by atoms with Crippen LogP contribution in [0.2, 0.25) is 0 Å².